The minimum atomic E-state index is 0.206. The van der Waals surface area contributed by atoms with Crippen LogP contribution in [0.1, 0.15) is 12.5 Å². The van der Waals surface area contributed by atoms with Gasteiger partial charge in [-0.1, -0.05) is 29.8 Å². The Morgan fingerprint density at radius 1 is 1.42 bits per heavy atom. The molecule has 0 aliphatic rings. The normalized spacial score (nSPS) is 12.4. The van der Waals surface area contributed by atoms with Crippen molar-refractivity contribution >= 4 is 17.5 Å². The molecule has 5 heteroatoms. The zero-order valence-corrected chi connectivity index (χ0v) is 11.9. The number of nitrogens with zero attached hydrogens (tertiary/aromatic N) is 2. The van der Waals surface area contributed by atoms with Gasteiger partial charge in [0.1, 0.15) is 0 Å². The second-order valence-corrected chi connectivity index (χ2v) is 4.88. The van der Waals surface area contributed by atoms with Crippen LogP contribution in [-0.4, -0.2) is 29.3 Å². The third-order valence-corrected chi connectivity index (χ3v) is 3.17. The molecule has 1 aromatic carbocycles. The quantitative estimate of drug-likeness (QED) is 0.883. The van der Waals surface area contributed by atoms with E-state index in [1.165, 1.54) is 0 Å². The number of methoxy groups -OCH3 is 1. The van der Waals surface area contributed by atoms with Crippen molar-refractivity contribution < 1.29 is 4.74 Å². The summed E-state index contributed by atoms with van der Waals surface area (Å²) < 4.78 is 7.14. The Balaban J connectivity index is 2.10. The second-order valence-electron chi connectivity index (χ2n) is 4.47. The highest BCUT2D eigenvalue weighted by molar-refractivity contribution is 6.31. The first kappa shape index (κ1) is 13.9. The van der Waals surface area contributed by atoms with Gasteiger partial charge in [-0.15, -0.1) is 0 Å². The second kappa shape index (κ2) is 6.59. The van der Waals surface area contributed by atoms with Gasteiger partial charge in [0, 0.05) is 30.6 Å². The van der Waals surface area contributed by atoms with Crippen LogP contribution in [0.4, 0.5) is 5.95 Å². The summed E-state index contributed by atoms with van der Waals surface area (Å²) in [5, 5.41) is 4.09. The van der Waals surface area contributed by atoms with Gasteiger partial charge in [-0.3, -0.25) is 0 Å². The lowest BCUT2D eigenvalue weighted by molar-refractivity contribution is 0.190. The van der Waals surface area contributed by atoms with Gasteiger partial charge in [-0.2, -0.15) is 0 Å². The van der Waals surface area contributed by atoms with Crippen LogP contribution in [-0.2, 0) is 11.3 Å². The number of aromatic nitrogens is 2. The Kier molecular flexibility index (Phi) is 4.82. The summed E-state index contributed by atoms with van der Waals surface area (Å²) in [7, 11) is 1.69. The molecule has 0 spiro atoms. The van der Waals surface area contributed by atoms with E-state index < -0.39 is 0 Å². The summed E-state index contributed by atoms with van der Waals surface area (Å²) in [5.74, 6) is 0.824. The molecule has 0 aliphatic heterocycles. The number of anilines is 1. The van der Waals surface area contributed by atoms with Crippen LogP contribution < -0.4 is 5.32 Å². The predicted octanol–water partition coefficient (Wildman–Crippen LogP) is 3.03. The Bertz CT molecular complexity index is 527. The molecule has 1 aromatic heterocycles. The van der Waals surface area contributed by atoms with Crippen LogP contribution in [0.5, 0.6) is 0 Å². The molecule has 4 nitrogen and oxygen atoms in total. The van der Waals surface area contributed by atoms with E-state index in [0.717, 1.165) is 16.5 Å². The minimum Gasteiger partial charge on any atom is -0.383 e. The van der Waals surface area contributed by atoms with E-state index in [9.17, 15) is 0 Å². The maximum Gasteiger partial charge on any atom is 0.203 e. The summed E-state index contributed by atoms with van der Waals surface area (Å²) in [5.41, 5.74) is 1.07. The van der Waals surface area contributed by atoms with E-state index in [4.69, 9.17) is 16.3 Å². The number of rotatable bonds is 6. The highest BCUT2D eigenvalue weighted by Crippen LogP contribution is 2.18. The van der Waals surface area contributed by atoms with Crippen molar-refractivity contribution in [1.82, 2.24) is 9.55 Å². The van der Waals surface area contributed by atoms with Crippen LogP contribution in [0.25, 0.3) is 0 Å². The maximum absolute atomic E-state index is 6.17. The SMILES string of the molecule is COCC(C)Nc1nccn1Cc1ccccc1Cl. The van der Waals surface area contributed by atoms with Crippen LogP contribution in [0.3, 0.4) is 0 Å². The van der Waals surface area contributed by atoms with Gasteiger partial charge in [0.2, 0.25) is 5.95 Å². The highest BCUT2D eigenvalue weighted by Gasteiger charge is 2.08. The summed E-state index contributed by atoms with van der Waals surface area (Å²) in [4.78, 5) is 4.32. The third-order valence-electron chi connectivity index (χ3n) is 2.81. The van der Waals surface area contributed by atoms with Crippen molar-refractivity contribution in [3.8, 4) is 0 Å². The smallest absolute Gasteiger partial charge is 0.203 e. The topological polar surface area (TPSA) is 39.1 Å². The van der Waals surface area contributed by atoms with Gasteiger partial charge in [0.05, 0.1) is 13.2 Å². The molecule has 2 aromatic rings. The maximum atomic E-state index is 6.17. The van der Waals surface area contributed by atoms with E-state index >= 15 is 0 Å². The molecule has 1 heterocycles. The van der Waals surface area contributed by atoms with E-state index in [2.05, 4.69) is 17.2 Å². The van der Waals surface area contributed by atoms with Crippen molar-refractivity contribution in [2.75, 3.05) is 19.0 Å². The number of halogens is 1. The molecule has 0 amide bonds. The number of ether oxygens (including phenoxy) is 1. The Morgan fingerprint density at radius 2 is 2.21 bits per heavy atom. The van der Waals surface area contributed by atoms with Gasteiger partial charge in [-0.25, -0.2) is 4.98 Å². The van der Waals surface area contributed by atoms with Gasteiger partial charge >= 0.3 is 0 Å². The molecule has 19 heavy (non-hydrogen) atoms. The molecule has 0 saturated carbocycles. The number of imidazole rings is 1. The van der Waals surface area contributed by atoms with Crippen LogP contribution >= 0.6 is 11.6 Å². The molecule has 0 saturated heterocycles. The molecule has 102 valence electrons. The van der Waals surface area contributed by atoms with Crippen LogP contribution in [0, 0.1) is 0 Å². The number of benzene rings is 1. The number of nitrogens with one attached hydrogen (secondary N) is 1. The molecular formula is C14H18ClN3O. The Labute approximate surface area is 118 Å². The van der Waals surface area contributed by atoms with E-state index in [1.807, 2.05) is 35.0 Å². The Hall–Kier alpha value is -1.52. The van der Waals surface area contributed by atoms with E-state index in [1.54, 1.807) is 13.3 Å². The zero-order valence-electron chi connectivity index (χ0n) is 11.1. The highest BCUT2D eigenvalue weighted by atomic mass is 35.5. The summed E-state index contributed by atoms with van der Waals surface area (Å²) in [6.07, 6.45) is 3.71. The van der Waals surface area contributed by atoms with Crippen LogP contribution in [0.2, 0.25) is 5.02 Å². The van der Waals surface area contributed by atoms with Gasteiger partial charge in [-0.05, 0) is 18.6 Å². The standard InChI is InChI=1S/C14H18ClN3O/c1-11(10-19-2)17-14-16-7-8-18(14)9-12-5-3-4-6-13(12)15/h3-8,11H,9-10H2,1-2H3,(H,16,17). The fraction of sp³-hybridized carbons (Fsp3) is 0.357. The predicted molar refractivity (Wildman–Crippen MR) is 77.7 cm³/mol. The van der Waals surface area contributed by atoms with Gasteiger partial charge in [0.25, 0.3) is 0 Å². The van der Waals surface area contributed by atoms with Crippen molar-refractivity contribution in [2.45, 2.75) is 19.5 Å². The third kappa shape index (κ3) is 3.72. The monoisotopic (exact) mass is 279 g/mol. The molecular weight excluding hydrogens is 262 g/mol. The molecule has 0 fully saturated rings. The first-order valence-electron chi connectivity index (χ1n) is 6.20. The largest absolute Gasteiger partial charge is 0.383 e. The molecule has 0 aliphatic carbocycles. The van der Waals surface area contributed by atoms with Gasteiger partial charge in [0.15, 0.2) is 0 Å². The summed E-state index contributed by atoms with van der Waals surface area (Å²) in [6.45, 7) is 3.39. The van der Waals surface area contributed by atoms with Crippen molar-refractivity contribution in [2.24, 2.45) is 0 Å². The first-order valence-corrected chi connectivity index (χ1v) is 6.58. The molecule has 0 radical (unpaired) electrons. The van der Waals surface area contributed by atoms with E-state index in [-0.39, 0.29) is 6.04 Å². The lowest BCUT2D eigenvalue weighted by Crippen LogP contribution is -2.23. The van der Waals surface area contributed by atoms with Gasteiger partial charge < -0.3 is 14.6 Å². The molecule has 2 rings (SSSR count). The Morgan fingerprint density at radius 3 is 2.95 bits per heavy atom. The molecule has 1 atom stereocenters. The average Bonchev–Trinajstić information content (AvgIpc) is 2.80. The average molecular weight is 280 g/mol. The number of hydrogen-bond acceptors (Lipinski definition) is 3. The summed E-state index contributed by atoms with van der Waals surface area (Å²) in [6, 6.07) is 8.04. The first-order chi connectivity index (χ1) is 9.20. The van der Waals surface area contributed by atoms with Crippen molar-refractivity contribution in [3.05, 3.63) is 47.2 Å². The molecule has 0 bridgehead atoms. The number of hydrogen-bond donors (Lipinski definition) is 1. The van der Waals surface area contributed by atoms with Crippen molar-refractivity contribution in [1.29, 1.82) is 0 Å². The van der Waals surface area contributed by atoms with Crippen molar-refractivity contribution in [3.63, 3.8) is 0 Å². The fourth-order valence-corrected chi connectivity index (χ4v) is 2.09. The zero-order chi connectivity index (χ0) is 13.7. The molecule has 1 unspecified atom stereocenters. The molecule has 1 N–H and O–H groups in total. The lowest BCUT2D eigenvalue weighted by atomic mass is 10.2. The fourth-order valence-electron chi connectivity index (χ4n) is 1.90. The lowest BCUT2D eigenvalue weighted by Gasteiger charge is -2.15. The summed E-state index contributed by atoms with van der Waals surface area (Å²) >= 11 is 6.17. The van der Waals surface area contributed by atoms with Crippen LogP contribution in [0.15, 0.2) is 36.7 Å². The minimum absolute atomic E-state index is 0.206. The van der Waals surface area contributed by atoms with E-state index in [0.29, 0.717) is 13.2 Å².